The molecule has 2 heterocycles. The zero-order valence-corrected chi connectivity index (χ0v) is 13.5. The first kappa shape index (κ1) is 14.8. The van der Waals surface area contributed by atoms with Gasteiger partial charge in [-0.1, -0.05) is 18.2 Å². The van der Waals surface area contributed by atoms with E-state index >= 15 is 0 Å². The van der Waals surface area contributed by atoms with Gasteiger partial charge in [0.1, 0.15) is 10.8 Å². The number of ether oxygens (including phenoxy) is 1. The van der Waals surface area contributed by atoms with E-state index in [0.29, 0.717) is 24.6 Å². The molecule has 0 fully saturated rings. The summed E-state index contributed by atoms with van der Waals surface area (Å²) in [6.07, 6.45) is 0.927. The van der Waals surface area contributed by atoms with Crippen LogP contribution in [0.3, 0.4) is 0 Å². The minimum Gasteiger partial charge on any atom is -0.493 e. The minimum atomic E-state index is -0.0746. The first-order valence-corrected chi connectivity index (χ1v) is 8.09. The largest absolute Gasteiger partial charge is 0.493 e. The Hall–Kier alpha value is -2.08. The number of hydrogen-bond acceptors (Lipinski definition) is 5. The number of rotatable bonds is 4. The molecule has 1 amide bonds. The lowest BCUT2D eigenvalue weighted by atomic mass is 9.96. The van der Waals surface area contributed by atoms with Gasteiger partial charge in [-0.2, -0.15) is 4.37 Å². The Morgan fingerprint density at radius 2 is 2.27 bits per heavy atom. The van der Waals surface area contributed by atoms with E-state index in [2.05, 4.69) is 21.1 Å². The summed E-state index contributed by atoms with van der Waals surface area (Å²) in [7, 11) is 1.80. The van der Waals surface area contributed by atoms with Crippen LogP contribution in [0, 0.1) is 12.8 Å². The summed E-state index contributed by atoms with van der Waals surface area (Å²) < 4.78 is 9.98. The zero-order chi connectivity index (χ0) is 15.5. The summed E-state index contributed by atoms with van der Waals surface area (Å²) in [6.45, 7) is 3.09. The van der Waals surface area contributed by atoms with Crippen LogP contribution >= 0.6 is 11.5 Å². The molecule has 1 aromatic heterocycles. The number of aryl methyl sites for hydroxylation is 1. The number of amides is 1. The van der Waals surface area contributed by atoms with Crippen molar-refractivity contribution in [1.29, 1.82) is 0 Å². The van der Waals surface area contributed by atoms with Gasteiger partial charge in [0, 0.05) is 19.5 Å². The van der Waals surface area contributed by atoms with E-state index < -0.39 is 0 Å². The molecule has 1 aromatic carbocycles. The summed E-state index contributed by atoms with van der Waals surface area (Å²) >= 11 is 1.31. The van der Waals surface area contributed by atoms with Crippen molar-refractivity contribution in [2.24, 2.45) is 5.92 Å². The van der Waals surface area contributed by atoms with Crippen molar-refractivity contribution >= 4 is 22.4 Å². The fourth-order valence-corrected chi connectivity index (χ4v) is 3.40. The van der Waals surface area contributed by atoms with E-state index in [1.165, 1.54) is 17.1 Å². The third-order valence-electron chi connectivity index (χ3n) is 3.82. The molecule has 1 aliphatic rings. The van der Waals surface area contributed by atoms with Crippen LogP contribution in [0.15, 0.2) is 24.3 Å². The summed E-state index contributed by atoms with van der Waals surface area (Å²) in [5, 5.41) is 6.83. The van der Waals surface area contributed by atoms with Crippen molar-refractivity contribution < 1.29 is 9.53 Å². The number of nitrogens with zero attached hydrogens (tertiary/aromatic N) is 1. The van der Waals surface area contributed by atoms with Crippen molar-refractivity contribution in [2.45, 2.75) is 13.3 Å². The highest BCUT2D eigenvalue weighted by Gasteiger charge is 2.22. The lowest BCUT2D eigenvalue weighted by Crippen LogP contribution is -2.35. The maximum atomic E-state index is 12.4. The van der Waals surface area contributed by atoms with E-state index in [9.17, 15) is 4.79 Å². The highest BCUT2D eigenvalue weighted by molar-refractivity contribution is 7.10. The van der Waals surface area contributed by atoms with Gasteiger partial charge in [-0.05, 0) is 36.5 Å². The fourth-order valence-electron chi connectivity index (χ4n) is 2.66. The van der Waals surface area contributed by atoms with E-state index in [-0.39, 0.29) is 5.91 Å². The molecule has 116 valence electrons. The van der Waals surface area contributed by atoms with Gasteiger partial charge in [-0.15, -0.1) is 0 Å². The fraction of sp³-hybridized carbons (Fsp3) is 0.375. The van der Waals surface area contributed by atoms with Gasteiger partial charge >= 0.3 is 0 Å². The summed E-state index contributed by atoms with van der Waals surface area (Å²) in [6, 6.07) is 8.06. The summed E-state index contributed by atoms with van der Waals surface area (Å²) in [4.78, 5) is 12.4. The highest BCUT2D eigenvalue weighted by atomic mass is 32.1. The van der Waals surface area contributed by atoms with Gasteiger partial charge in [-0.3, -0.25) is 4.79 Å². The second-order valence-corrected chi connectivity index (χ2v) is 6.19. The van der Waals surface area contributed by atoms with Crippen LogP contribution in [0.2, 0.25) is 0 Å². The van der Waals surface area contributed by atoms with Crippen molar-refractivity contribution in [3.8, 4) is 5.75 Å². The second kappa shape index (κ2) is 6.36. The predicted molar refractivity (Wildman–Crippen MR) is 87.9 cm³/mol. The molecule has 22 heavy (non-hydrogen) atoms. The van der Waals surface area contributed by atoms with Crippen LogP contribution in [0.25, 0.3) is 0 Å². The number of anilines is 1. The Bertz CT molecular complexity index is 684. The first-order chi connectivity index (χ1) is 10.7. The monoisotopic (exact) mass is 317 g/mol. The molecule has 6 heteroatoms. The Kier molecular flexibility index (Phi) is 4.29. The van der Waals surface area contributed by atoms with E-state index in [0.717, 1.165) is 22.9 Å². The molecule has 1 atom stereocenters. The van der Waals surface area contributed by atoms with Crippen LogP contribution in [0.5, 0.6) is 5.75 Å². The van der Waals surface area contributed by atoms with Crippen molar-refractivity contribution in [1.82, 2.24) is 9.69 Å². The molecule has 0 unspecified atom stereocenters. The predicted octanol–water partition coefficient (Wildman–Crippen LogP) is 2.47. The Labute approximate surface area is 133 Å². The van der Waals surface area contributed by atoms with Crippen LogP contribution in [-0.2, 0) is 6.42 Å². The number of fused-ring (bicyclic) bond motifs is 1. The van der Waals surface area contributed by atoms with Crippen molar-refractivity contribution in [3.05, 3.63) is 41.1 Å². The SMILES string of the molecule is CNc1snc(C)c1C(=O)NC[C@@H]1COc2ccccc2C1. The quantitative estimate of drug-likeness (QED) is 0.909. The normalized spacial score (nSPS) is 16.5. The van der Waals surface area contributed by atoms with Crippen LogP contribution in [0.4, 0.5) is 5.00 Å². The molecule has 3 rings (SSSR count). The van der Waals surface area contributed by atoms with Crippen molar-refractivity contribution in [2.75, 3.05) is 25.5 Å². The van der Waals surface area contributed by atoms with Crippen molar-refractivity contribution in [3.63, 3.8) is 0 Å². The smallest absolute Gasteiger partial charge is 0.256 e. The maximum Gasteiger partial charge on any atom is 0.256 e. The second-order valence-electron chi connectivity index (χ2n) is 5.42. The van der Waals surface area contributed by atoms with Crippen LogP contribution in [0.1, 0.15) is 21.6 Å². The number of nitrogens with one attached hydrogen (secondary N) is 2. The lowest BCUT2D eigenvalue weighted by Gasteiger charge is -2.25. The minimum absolute atomic E-state index is 0.0746. The number of para-hydroxylation sites is 1. The summed E-state index contributed by atoms with van der Waals surface area (Å²) in [5.41, 5.74) is 2.61. The van der Waals surface area contributed by atoms with E-state index in [1.807, 2.05) is 25.1 Å². The average molecular weight is 317 g/mol. The Morgan fingerprint density at radius 3 is 3.09 bits per heavy atom. The number of carbonyl (C=O) groups is 1. The van der Waals surface area contributed by atoms with Crippen LogP contribution in [-0.4, -0.2) is 30.5 Å². The average Bonchev–Trinajstić information content (AvgIpc) is 2.93. The molecular weight excluding hydrogens is 298 g/mol. The standard InChI is InChI=1S/C16H19N3O2S/c1-10-14(16(17-2)22-19-10)15(20)18-8-11-7-12-5-3-4-6-13(12)21-9-11/h3-6,11,17H,7-9H2,1-2H3,(H,18,20)/t11-/m1/s1. The molecule has 0 bridgehead atoms. The maximum absolute atomic E-state index is 12.4. The molecule has 1 aliphatic heterocycles. The first-order valence-electron chi connectivity index (χ1n) is 7.32. The summed E-state index contributed by atoms with van der Waals surface area (Å²) in [5.74, 6) is 1.18. The van der Waals surface area contributed by atoms with Gasteiger partial charge in [0.25, 0.3) is 5.91 Å². The van der Waals surface area contributed by atoms with Gasteiger partial charge < -0.3 is 15.4 Å². The number of benzene rings is 1. The zero-order valence-electron chi connectivity index (χ0n) is 12.7. The van der Waals surface area contributed by atoms with Gasteiger partial charge in [0.15, 0.2) is 0 Å². The topological polar surface area (TPSA) is 63.2 Å². The number of aromatic nitrogens is 1. The molecule has 5 nitrogen and oxygen atoms in total. The third kappa shape index (κ3) is 2.92. The number of carbonyl (C=O) groups excluding carboxylic acids is 1. The molecular formula is C16H19N3O2S. The Morgan fingerprint density at radius 1 is 1.45 bits per heavy atom. The molecule has 2 aromatic rings. The third-order valence-corrected chi connectivity index (χ3v) is 4.78. The lowest BCUT2D eigenvalue weighted by molar-refractivity contribution is 0.0939. The van der Waals surface area contributed by atoms with E-state index in [1.54, 1.807) is 7.05 Å². The molecule has 0 spiro atoms. The van der Waals surface area contributed by atoms with Gasteiger partial charge in [0.05, 0.1) is 17.9 Å². The molecule has 0 saturated heterocycles. The molecule has 0 saturated carbocycles. The van der Waals surface area contributed by atoms with Gasteiger partial charge in [0.2, 0.25) is 0 Å². The number of hydrogen-bond donors (Lipinski definition) is 2. The van der Waals surface area contributed by atoms with Crippen LogP contribution < -0.4 is 15.4 Å². The highest BCUT2D eigenvalue weighted by Crippen LogP contribution is 2.27. The van der Waals surface area contributed by atoms with Gasteiger partial charge in [-0.25, -0.2) is 0 Å². The van der Waals surface area contributed by atoms with E-state index in [4.69, 9.17) is 4.74 Å². The molecule has 0 radical (unpaired) electrons. The molecule has 0 aliphatic carbocycles. The Balaban J connectivity index is 1.62. The molecule has 2 N–H and O–H groups in total.